The van der Waals surface area contributed by atoms with Gasteiger partial charge in [0, 0.05) is 6.04 Å². The summed E-state index contributed by atoms with van der Waals surface area (Å²) in [4.78, 5) is 2.49. The summed E-state index contributed by atoms with van der Waals surface area (Å²) >= 11 is 0. The van der Waals surface area contributed by atoms with Gasteiger partial charge in [-0.3, -0.25) is 0 Å². The molecule has 1 atom stereocenters. The lowest BCUT2D eigenvalue weighted by molar-refractivity contribution is 0.141. The molecule has 0 aromatic carbocycles. The predicted molar refractivity (Wildman–Crippen MR) is 54.5 cm³/mol. The first-order valence-electron chi connectivity index (χ1n) is 5.36. The molecule has 0 saturated carbocycles. The average molecular weight is 186 g/mol. The Morgan fingerprint density at radius 1 is 1.46 bits per heavy atom. The zero-order valence-electron chi connectivity index (χ0n) is 8.58. The zero-order valence-corrected chi connectivity index (χ0v) is 8.58. The summed E-state index contributed by atoms with van der Waals surface area (Å²) in [5.41, 5.74) is 5.80. The summed E-state index contributed by atoms with van der Waals surface area (Å²) in [5, 5.41) is 8.92. The Labute approximate surface area is 80.9 Å². The molecule has 0 aliphatic carbocycles. The van der Waals surface area contributed by atoms with Gasteiger partial charge in [0.25, 0.3) is 0 Å². The molecule has 13 heavy (non-hydrogen) atoms. The van der Waals surface area contributed by atoms with E-state index in [2.05, 4.69) is 11.8 Å². The highest BCUT2D eigenvalue weighted by Gasteiger charge is 2.22. The van der Waals surface area contributed by atoms with E-state index in [1.807, 2.05) is 0 Å². The van der Waals surface area contributed by atoms with Gasteiger partial charge in [-0.2, -0.15) is 0 Å². The Bertz CT molecular complexity index is 133. The Kier molecular flexibility index (Phi) is 4.70. The van der Waals surface area contributed by atoms with Crippen LogP contribution < -0.4 is 5.73 Å². The lowest BCUT2D eigenvalue weighted by atomic mass is 9.90. The van der Waals surface area contributed by atoms with Gasteiger partial charge in [0.1, 0.15) is 0 Å². The standard InChI is InChI=1S/C10H22N2O/c1-2-5-12-6-3-9(4-7-12)10(11)8-13/h9-10,13H,2-8,11H2,1H3. The Morgan fingerprint density at radius 2 is 2.08 bits per heavy atom. The number of aliphatic hydroxyl groups is 1. The summed E-state index contributed by atoms with van der Waals surface area (Å²) in [5.74, 6) is 0.540. The fourth-order valence-corrected chi connectivity index (χ4v) is 2.07. The number of rotatable bonds is 4. The van der Waals surface area contributed by atoms with Crippen LogP contribution in [0.15, 0.2) is 0 Å². The van der Waals surface area contributed by atoms with Gasteiger partial charge in [0.15, 0.2) is 0 Å². The quantitative estimate of drug-likeness (QED) is 0.669. The summed E-state index contributed by atoms with van der Waals surface area (Å²) in [7, 11) is 0. The fourth-order valence-electron chi connectivity index (χ4n) is 2.07. The minimum Gasteiger partial charge on any atom is -0.395 e. The van der Waals surface area contributed by atoms with E-state index >= 15 is 0 Å². The SMILES string of the molecule is CCCN1CCC(C(N)CO)CC1. The molecule has 0 aromatic heterocycles. The van der Waals surface area contributed by atoms with Crippen molar-refractivity contribution in [2.75, 3.05) is 26.2 Å². The van der Waals surface area contributed by atoms with Gasteiger partial charge in [-0.05, 0) is 44.8 Å². The smallest absolute Gasteiger partial charge is 0.0585 e. The van der Waals surface area contributed by atoms with E-state index in [9.17, 15) is 0 Å². The van der Waals surface area contributed by atoms with Crippen molar-refractivity contribution in [2.45, 2.75) is 32.2 Å². The lowest BCUT2D eigenvalue weighted by Gasteiger charge is -2.33. The van der Waals surface area contributed by atoms with Crippen LogP contribution in [0.25, 0.3) is 0 Å². The predicted octanol–water partition coefficient (Wildman–Crippen LogP) is 0.428. The van der Waals surface area contributed by atoms with Crippen LogP contribution in [0.5, 0.6) is 0 Å². The third-order valence-electron chi connectivity index (χ3n) is 2.99. The van der Waals surface area contributed by atoms with Crippen molar-refractivity contribution >= 4 is 0 Å². The molecule has 1 unspecified atom stereocenters. The van der Waals surface area contributed by atoms with Crippen LogP contribution >= 0.6 is 0 Å². The molecule has 3 heteroatoms. The molecule has 0 spiro atoms. The van der Waals surface area contributed by atoms with E-state index in [0.29, 0.717) is 5.92 Å². The maximum absolute atomic E-state index is 8.92. The Hall–Kier alpha value is -0.120. The van der Waals surface area contributed by atoms with Crippen LogP contribution in [0.1, 0.15) is 26.2 Å². The van der Waals surface area contributed by atoms with Crippen molar-refractivity contribution in [3.05, 3.63) is 0 Å². The van der Waals surface area contributed by atoms with Gasteiger partial charge in [0.2, 0.25) is 0 Å². The van der Waals surface area contributed by atoms with Crippen molar-refractivity contribution in [2.24, 2.45) is 11.7 Å². The van der Waals surface area contributed by atoms with E-state index in [4.69, 9.17) is 10.8 Å². The van der Waals surface area contributed by atoms with Crippen molar-refractivity contribution in [1.29, 1.82) is 0 Å². The van der Waals surface area contributed by atoms with E-state index < -0.39 is 0 Å². The Balaban J connectivity index is 2.22. The number of piperidine rings is 1. The monoisotopic (exact) mass is 186 g/mol. The van der Waals surface area contributed by atoms with E-state index in [1.165, 1.54) is 13.0 Å². The molecule has 0 bridgehead atoms. The Morgan fingerprint density at radius 3 is 2.54 bits per heavy atom. The second kappa shape index (κ2) is 5.58. The lowest BCUT2D eigenvalue weighted by Crippen LogP contribution is -2.42. The molecule has 1 rings (SSSR count). The van der Waals surface area contributed by atoms with Gasteiger partial charge in [-0.25, -0.2) is 0 Å². The van der Waals surface area contributed by atoms with Crippen LogP contribution in [0.3, 0.4) is 0 Å². The van der Waals surface area contributed by atoms with Gasteiger partial charge in [0.05, 0.1) is 6.61 Å². The second-order valence-electron chi connectivity index (χ2n) is 4.03. The van der Waals surface area contributed by atoms with Crippen molar-refractivity contribution < 1.29 is 5.11 Å². The first-order valence-corrected chi connectivity index (χ1v) is 5.36. The maximum Gasteiger partial charge on any atom is 0.0585 e. The third-order valence-corrected chi connectivity index (χ3v) is 2.99. The van der Waals surface area contributed by atoms with Crippen LogP contribution in [-0.4, -0.2) is 42.3 Å². The van der Waals surface area contributed by atoms with E-state index in [-0.39, 0.29) is 12.6 Å². The molecule has 3 nitrogen and oxygen atoms in total. The largest absolute Gasteiger partial charge is 0.395 e. The molecule has 1 fully saturated rings. The number of hydrogen-bond donors (Lipinski definition) is 2. The maximum atomic E-state index is 8.92. The molecule has 1 aliphatic heterocycles. The summed E-state index contributed by atoms with van der Waals surface area (Å²) < 4.78 is 0. The van der Waals surface area contributed by atoms with Crippen molar-refractivity contribution in [1.82, 2.24) is 4.90 Å². The minimum absolute atomic E-state index is 0.00350. The first kappa shape index (κ1) is 11.0. The number of hydrogen-bond acceptors (Lipinski definition) is 3. The number of nitrogens with zero attached hydrogens (tertiary/aromatic N) is 1. The number of nitrogens with two attached hydrogens (primary N) is 1. The topological polar surface area (TPSA) is 49.5 Å². The summed E-state index contributed by atoms with van der Waals surface area (Å²) in [6.45, 7) is 5.88. The van der Waals surface area contributed by atoms with Crippen molar-refractivity contribution in [3.63, 3.8) is 0 Å². The minimum atomic E-state index is 0.00350. The highest BCUT2D eigenvalue weighted by atomic mass is 16.3. The third kappa shape index (κ3) is 3.25. The first-order chi connectivity index (χ1) is 6.27. The van der Waals surface area contributed by atoms with E-state index in [1.54, 1.807) is 0 Å². The molecule has 0 aromatic rings. The molecule has 0 radical (unpaired) electrons. The molecule has 78 valence electrons. The zero-order chi connectivity index (χ0) is 9.68. The molecule has 1 heterocycles. The van der Waals surface area contributed by atoms with Crippen LogP contribution in [-0.2, 0) is 0 Å². The molecular formula is C10H22N2O. The van der Waals surface area contributed by atoms with Gasteiger partial charge in [-0.15, -0.1) is 0 Å². The van der Waals surface area contributed by atoms with Crippen molar-refractivity contribution in [3.8, 4) is 0 Å². The molecule has 1 aliphatic rings. The summed E-state index contributed by atoms with van der Waals surface area (Å²) in [6.07, 6.45) is 3.54. The number of aliphatic hydroxyl groups excluding tert-OH is 1. The van der Waals surface area contributed by atoms with Gasteiger partial charge in [-0.1, -0.05) is 6.92 Å². The molecular weight excluding hydrogens is 164 g/mol. The average Bonchev–Trinajstić information content (AvgIpc) is 2.18. The normalized spacial score (nSPS) is 23.3. The molecule has 0 amide bonds. The number of likely N-dealkylation sites (tertiary alicyclic amines) is 1. The van der Waals surface area contributed by atoms with Crippen LogP contribution in [0.4, 0.5) is 0 Å². The highest BCUT2D eigenvalue weighted by Crippen LogP contribution is 2.19. The fraction of sp³-hybridized carbons (Fsp3) is 1.00. The highest BCUT2D eigenvalue weighted by molar-refractivity contribution is 4.79. The van der Waals surface area contributed by atoms with Crippen LogP contribution in [0, 0.1) is 5.92 Å². The van der Waals surface area contributed by atoms with Gasteiger partial charge < -0.3 is 15.7 Å². The van der Waals surface area contributed by atoms with Crippen LogP contribution in [0.2, 0.25) is 0 Å². The molecule has 1 saturated heterocycles. The van der Waals surface area contributed by atoms with Gasteiger partial charge >= 0.3 is 0 Å². The molecule has 3 N–H and O–H groups in total. The second-order valence-corrected chi connectivity index (χ2v) is 4.03. The summed E-state index contributed by atoms with van der Waals surface area (Å²) in [6, 6.07) is 0.00350. The van der Waals surface area contributed by atoms with E-state index in [0.717, 1.165) is 25.9 Å².